The van der Waals surface area contributed by atoms with Crippen LogP contribution >= 0.6 is 11.8 Å². The van der Waals surface area contributed by atoms with Gasteiger partial charge in [-0.3, -0.25) is 4.79 Å². The highest BCUT2D eigenvalue weighted by Crippen LogP contribution is 2.15. The Balaban J connectivity index is 2.11. The van der Waals surface area contributed by atoms with Crippen LogP contribution in [0.15, 0.2) is 0 Å². The smallest absolute Gasteiger partial charge is 0.223 e. The van der Waals surface area contributed by atoms with E-state index in [1.165, 1.54) is 0 Å². The van der Waals surface area contributed by atoms with Crippen LogP contribution in [0.1, 0.15) is 6.42 Å². The number of carbonyl (C=O) groups excluding carboxylic acids is 1. The van der Waals surface area contributed by atoms with Crippen molar-refractivity contribution >= 4 is 17.7 Å². The summed E-state index contributed by atoms with van der Waals surface area (Å²) >= 11 is 1.69. The third-order valence-corrected chi connectivity index (χ3v) is 2.70. The second-order valence-electron chi connectivity index (χ2n) is 3.09. The molecule has 1 saturated heterocycles. The maximum Gasteiger partial charge on any atom is 0.223 e. The third-order valence-electron chi connectivity index (χ3n) is 2.09. The number of carbonyl (C=O) groups is 1. The Morgan fingerprint density at radius 3 is 2.83 bits per heavy atom. The van der Waals surface area contributed by atoms with E-state index in [0.29, 0.717) is 12.3 Å². The van der Waals surface area contributed by atoms with Crippen LogP contribution in [0.2, 0.25) is 0 Å². The van der Waals surface area contributed by atoms with Crippen LogP contribution in [-0.4, -0.2) is 47.6 Å². The number of amides is 1. The van der Waals surface area contributed by atoms with Gasteiger partial charge >= 0.3 is 0 Å². The van der Waals surface area contributed by atoms with Gasteiger partial charge in [0.1, 0.15) is 0 Å². The summed E-state index contributed by atoms with van der Waals surface area (Å²) in [4.78, 5) is 13.1. The molecule has 1 aliphatic rings. The van der Waals surface area contributed by atoms with Crippen LogP contribution in [-0.2, 0) is 4.79 Å². The molecule has 0 aliphatic carbocycles. The second kappa shape index (κ2) is 4.72. The quantitative estimate of drug-likeness (QED) is 0.686. The molecule has 1 N–H and O–H groups in total. The zero-order valence-corrected chi connectivity index (χ0v) is 8.14. The largest absolute Gasteiger partial charge is 0.396 e. The molecule has 0 aromatic carbocycles. The molecule has 3 nitrogen and oxygen atoms in total. The summed E-state index contributed by atoms with van der Waals surface area (Å²) in [6.07, 6.45) is 2.64. The van der Waals surface area contributed by atoms with E-state index in [0.717, 1.165) is 18.8 Å². The van der Waals surface area contributed by atoms with Gasteiger partial charge in [0, 0.05) is 37.8 Å². The van der Waals surface area contributed by atoms with Crippen LogP contribution in [0, 0.1) is 5.92 Å². The van der Waals surface area contributed by atoms with Gasteiger partial charge in [-0.25, -0.2) is 0 Å². The Labute approximate surface area is 77.1 Å². The zero-order chi connectivity index (χ0) is 8.97. The lowest BCUT2D eigenvalue weighted by Gasteiger charge is -2.38. The lowest BCUT2D eigenvalue weighted by atomic mass is 10.0. The van der Waals surface area contributed by atoms with Crippen molar-refractivity contribution in [1.29, 1.82) is 0 Å². The summed E-state index contributed by atoms with van der Waals surface area (Å²) in [6.45, 7) is 1.72. The van der Waals surface area contributed by atoms with E-state index in [1.54, 1.807) is 11.8 Å². The average Bonchev–Trinajstić information content (AvgIpc) is 1.99. The maximum absolute atomic E-state index is 11.3. The van der Waals surface area contributed by atoms with Gasteiger partial charge in [0.05, 0.1) is 0 Å². The molecule has 0 bridgehead atoms. The second-order valence-corrected chi connectivity index (χ2v) is 4.08. The van der Waals surface area contributed by atoms with Crippen molar-refractivity contribution in [3.8, 4) is 0 Å². The van der Waals surface area contributed by atoms with E-state index in [1.807, 2.05) is 11.2 Å². The Bertz CT molecular complexity index is 157. The van der Waals surface area contributed by atoms with E-state index in [2.05, 4.69) is 0 Å². The summed E-state index contributed by atoms with van der Waals surface area (Å²) in [5.41, 5.74) is 0. The number of nitrogens with zero attached hydrogens (tertiary/aromatic N) is 1. The van der Waals surface area contributed by atoms with E-state index in [9.17, 15) is 4.79 Å². The van der Waals surface area contributed by atoms with Crippen LogP contribution in [0.25, 0.3) is 0 Å². The molecular weight excluding hydrogens is 174 g/mol. The molecule has 4 heteroatoms. The van der Waals surface area contributed by atoms with Crippen molar-refractivity contribution in [2.75, 3.05) is 31.7 Å². The average molecular weight is 189 g/mol. The highest BCUT2D eigenvalue weighted by atomic mass is 32.2. The molecule has 0 spiro atoms. The third kappa shape index (κ3) is 2.38. The molecule has 1 heterocycles. The summed E-state index contributed by atoms with van der Waals surface area (Å²) in [7, 11) is 0. The van der Waals surface area contributed by atoms with E-state index >= 15 is 0 Å². The lowest BCUT2D eigenvalue weighted by molar-refractivity contribution is -0.137. The number of hydrogen-bond acceptors (Lipinski definition) is 3. The van der Waals surface area contributed by atoms with Gasteiger partial charge in [-0.15, -0.1) is 0 Å². The van der Waals surface area contributed by atoms with Gasteiger partial charge in [0.2, 0.25) is 5.91 Å². The highest BCUT2D eigenvalue weighted by Gasteiger charge is 2.28. The van der Waals surface area contributed by atoms with Crippen molar-refractivity contribution in [3.63, 3.8) is 0 Å². The van der Waals surface area contributed by atoms with Crippen molar-refractivity contribution in [1.82, 2.24) is 4.90 Å². The highest BCUT2D eigenvalue weighted by molar-refractivity contribution is 7.98. The number of aliphatic hydroxyl groups is 1. The molecule has 12 heavy (non-hydrogen) atoms. The fourth-order valence-corrected chi connectivity index (χ4v) is 1.62. The lowest BCUT2D eigenvalue weighted by Crippen LogP contribution is -2.51. The summed E-state index contributed by atoms with van der Waals surface area (Å²) in [5, 5.41) is 8.72. The Morgan fingerprint density at radius 2 is 2.33 bits per heavy atom. The number of rotatable bonds is 4. The first-order valence-electron chi connectivity index (χ1n) is 4.15. The minimum absolute atomic E-state index is 0.215. The first-order chi connectivity index (χ1) is 5.77. The molecule has 70 valence electrons. The Kier molecular flexibility index (Phi) is 3.88. The van der Waals surface area contributed by atoms with Gasteiger partial charge < -0.3 is 10.0 Å². The fraction of sp³-hybridized carbons (Fsp3) is 0.875. The number of thioether (sulfide) groups is 1. The normalized spacial score (nSPS) is 17.7. The molecule has 1 amide bonds. The first kappa shape index (κ1) is 9.86. The van der Waals surface area contributed by atoms with Crippen LogP contribution in [0.3, 0.4) is 0 Å². The minimum Gasteiger partial charge on any atom is -0.396 e. The molecule has 1 fully saturated rings. The molecule has 0 saturated carbocycles. The molecule has 0 atom stereocenters. The monoisotopic (exact) mass is 189 g/mol. The molecule has 0 unspecified atom stereocenters. The minimum atomic E-state index is 0.215. The van der Waals surface area contributed by atoms with Crippen LogP contribution < -0.4 is 0 Å². The molecule has 1 aliphatic heterocycles. The van der Waals surface area contributed by atoms with Crippen LogP contribution in [0.5, 0.6) is 0 Å². The Hall–Kier alpha value is -0.220. The van der Waals surface area contributed by atoms with Gasteiger partial charge in [-0.1, -0.05) is 0 Å². The zero-order valence-electron chi connectivity index (χ0n) is 7.32. The predicted octanol–water partition coefficient (Wildman–Crippen LogP) is 0.190. The van der Waals surface area contributed by atoms with Crippen molar-refractivity contribution in [3.05, 3.63) is 0 Å². The maximum atomic E-state index is 11.3. The molecule has 1 rings (SSSR count). The SMILES string of the molecule is CSCCC(=O)N1CC(CO)C1. The van der Waals surface area contributed by atoms with Crippen molar-refractivity contribution in [2.45, 2.75) is 6.42 Å². The van der Waals surface area contributed by atoms with Crippen LogP contribution in [0.4, 0.5) is 0 Å². The summed E-state index contributed by atoms with van der Waals surface area (Å²) in [5.74, 6) is 1.47. The molecule has 0 radical (unpaired) electrons. The fourth-order valence-electron chi connectivity index (χ4n) is 1.24. The topological polar surface area (TPSA) is 40.5 Å². The summed E-state index contributed by atoms with van der Waals surface area (Å²) in [6, 6.07) is 0. The van der Waals surface area contributed by atoms with Crippen molar-refractivity contribution in [2.24, 2.45) is 5.92 Å². The number of aliphatic hydroxyl groups excluding tert-OH is 1. The van der Waals surface area contributed by atoms with Gasteiger partial charge in [-0.05, 0) is 6.26 Å². The standard InChI is InChI=1S/C8H15NO2S/c1-12-3-2-8(11)9-4-7(5-9)6-10/h7,10H,2-6H2,1H3. The van der Waals surface area contributed by atoms with E-state index in [4.69, 9.17) is 5.11 Å². The predicted molar refractivity (Wildman–Crippen MR) is 50.2 cm³/mol. The number of hydrogen-bond donors (Lipinski definition) is 1. The van der Waals surface area contributed by atoms with Gasteiger partial charge in [0.25, 0.3) is 0 Å². The molecule has 0 aromatic rings. The van der Waals surface area contributed by atoms with Crippen molar-refractivity contribution < 1.29 is 9.90 Å². The first-order valence-corrected chi connectivity index (χ1v) is 5.55. The van der Waals surface area contributed by atoms with E-state index < -0.39 is 0 Å². The summed E-state index contributed by atoms with van der Waals surface area (Å²) < 4.78 is 0. The number of likely N-dealkylation sites (tertiary alicyclic amines) is 1. The van der Waals surface area contributed by atoms with Gasteiger partial charge in [-0.2, -0.15) is 11.8 Å². The van der Waals surface area contributed by atoms with Gasteiger partial charge in [0.15, 0.2) is 0 Å². The Morgan fingerprint density at radius 1 is 1.67 bits per heavy atom. The van der Waals surface area contributed by atoms with E-state index in [-0.39, 0.29) is 12.5 Å². The molecular formula is C8H15NO2S. The molecule has 0 aromatic heterocycles.